The van der Waals surface area contributed by atoms with E-state index in [2.05, 4.69) is 4.72 Å². The second-order valence-electron chi connectivity index (χ2n) is 8.89. The maximum Gasteiger partial charge on any atom is 0.261 e. The summed E-state index contributed by atoms with van der Waals surface area (Å²) in [5, 5.41) is 9.70. The fourth-order valence-electron chi connectivity index (χ4n) is 3.88. The molecule has 1 aliphatic rings. The lowest BCUT2D eigenvalue weighted by Gasteiger charge is -2.33. The smallest absolute Gasteiger partial charge is 0.261 e. The van der Waals surface area contributed by atoms with Gasteiger partial charge in [-0.05, 0) is 51.4 Å². The number of hydrogen-bond donors (Lipinski definition) is 2. The monoisotopic (exact) mass is 475 g/mol. The number of benzene rings is 2. The molecule has 0 fully saturated rings. The normalized spacial score (nSPS) is 20.3. The van der Waals surface area contributed by atoms with Crippen LogP contribution < -0.4 is 9.46 Å². The Kier molecular flexibility index (Phi) is 7.99. The fraction of sp³-hybridized carbons (Fsp3) is 0.458. The summed E-state index contributed by atoms with van der Waals surface area (Å²) >= 11 is 0. The Morgan fingerprint density at radius 3 is 2.55 bits per heavy atom. The van der Waals surface area contributed by atoms with Crippen LogP contribution in [0, 0.1) is 5.92 Å². The number of rotatable bonds is 7. The van der Waals surface area contributed by atoms with Crippen LogP contribution in [0.15, 0.2) is 53.4 Å². The van der Waals surface area contributed by atoms with Gasteiger partial charge >= 0.3 is 0 Å². The van der Waals surface area contributed by atoms with E-state index >= 15 is 0 Å². The van der Waals surface area contributed by atoms with E-state index in [4.69, 9.17) is 4.74 Å². The van der Waals surface area contributed by atoms with E-state index in [1.807, 2.05) is 32.8 Å². The van der Waals surface area contributed by atoms with Gasteiger partial charge in [-0.2, -0.15) is 0 Å². The second kappa shape index (κ2) is 10.5. The first-order chi connectivity index (χ1) is 15.6. The van der Waals surface area contributed by atoms with Gasteiger partial charge in [0.15, 0.2) is 0 Å². The minimum atomic E-state index is -3.77. The number of carbonyl (C=O) groups is 1. The molecule has 1 aliphatic heterocycles. The van der Waals surface area contributed by atoms with Crippen LogP contribution in [-0.2, 0) is 21.2 Å². The zero-order chi connectivity index (χ0) is 24.2. The van der Waals surface area contributed by atoms with Gasteiger partial charge in [0, 0.05) is 30.3 Å². The van der Waals surface area contributed by atoms with Crippen LogP contribution in [0.25, 0.3) is 0 Å². The average molecular weight is 476 g/mol. The molecule has 0 saturated carbocycles. The number of carbonyl (C=O) groups excluding carboxylic acids is 1. The predicted molar refractivity (Wildman–Crippen MR) is 128 cm³/mol. The van der Waals surface area contributed by atoms with Gasteiger partial charge in [-0.3, -0.25) is 9.52 Å². The van der Waals surface area contributed by atoms with Crippen molar-refractivity contribution in [2.75, 3.05) is 38.5 Å². The summed E-state index contributed by atoms with van der Waals surface area (Å²) < 4.78 is 34.5. The van der Waals surface area contributed by atoms with Crippen molar-refractivity contribution in [1.82, 2.24) is 9.80 Å². The van der Waals surface area contributed by atoms with Crippen molar-refractivity contribution in [1.29, 1.82) is 0 Å². The minimum Gasteiger partial charge on any atom is -0.488 e. The molecule has 0 unspecified atom stereocenters. The molecule has 8 nitrogen and oxygen atoms in total. The highest BCUT2D eigenvalue weighted by atomic mass is 32.2. The molecule has 0 aliphatic carbocycles. The molecule has 0 radical (unpaired) electrons. The van der Waals surface area contributed by atoms with Crippen LogP contribution in [0.5, 0.6) is 5.75 Å². The maximum atomic E-state index is 13.2. The number of aliphatic hydroxyl groups excluding tert-OH is 1. The van der Waals surface area contributed by atoms with Gasteiger partial charge in [-0.25, -0.2) is 8.42 Å². The molecule has 1 amide bonds. The van der Waals surface area contributed by atoms with Crippen LogP contribution in [0.2, 0.25) is 0 Å². The highest BCUT2D eigenvalue weighted by molar-refractivity contribution is 7.92. The predicted octanol–water partition coefficient (Wildman–Crippen LogP) is 2.20. The Morgan fingerprint density at radius 2 is 1.91 bits per heavy atom. The van der Waals surface area contributed by atoms with E-state index < -0.39 is 10.0 Å². The highest BCUT2D eigenvalue weighted by Crippen LogP contribution is 2.30. The van der Waals surface area contributed by atoms with Gasteiger partial charge in [0.1, 0.15) is 11.9 Å². The van der Waals surface area contributed by atoms with Gasteiger partial charge < -0.3 is 19.6 Å². The molecular formula is C24H33N3O5S. The number of amides is 1. The van der Waals surface area contributed by atoms with Gasteiger partial charge in [0.2, 0.25) is 5.91 Å². The molecule has 2 N–H and O–H groups in total. The standard InChI is InChI=1S/C24H33N3O5S/c1-17-14-27(18(2)16-28)24(29)13-19-12-20(10-11-22(19)32-23(17)15-26(3)4)25-33(30,31)21-8-6-5-7-9-21/h5-12,17-18,23,25,28H,13-16H2,1-4H3/t17-,18-,23+/m0/s1. The molecule has 2 aromatic carbocycles. The molecule has 2 aromatic rings. The molecule has 33 heavy (non-hydrogen) atoms. The van der Waals surface area contributed by atoms with E-state index in [1.54, 1.807) is 41.3 Å². The summed E-state index contributed by atoms with van der Waals surface area (Å²) in [6.45, 7) is 4.82. The molecule has 3 atom stereocenters. The van der Waals surface area contributed by atoms with Gasteiger partial charge in [0.05, 0.1) is 24.0 Å². The lowest BCUT2D eigenvalue weighted by atomic mass is 10.0. The molecular weight excluding hydrogens is 442 g/mol. The van der Waals surface area contributed by atoms with Crippen LogP contribution in [0.1, 0.15) is 19.4 Å². The number of anilines is 1. The Hall–Kier alpha value is -2.62. The number of fused-ring (bicyclic) bond motifs is 1. The van der Waals surface area contributed by atoms with Crippen molar-refractivity contribution in [3.8, 4) is 5.75 Å². The summed E-state index contributed by atoms with van der Waals surface area (Å²) in [4.78, 5) is 17.1. The molecule has 0 bridgehead atoms. The molecule has 0 aromatic heterocycles. The summed E-state index contributed by atoms with van der Waals surface area (Å²) in [5.74, 6) is 0.442. The third-order valence-corrected chi connectivity index (χ3v) is 7.16. The number of nitrogens with zero attached hydrogens (tertiary/aromatic N) is 2. The number of likely N-dealkylation sites (N-methyl/N-ethyl adjacent to an activating group) is 1. The van der Waals surface area contributed by atoms with Crippen molar-refractivity contribution in [3.05, 3.63) is 54.1 Å². The first-order valence-corrected chi connectivity index (χ1v) is 12.5. The largest absolute Gasteiger partial charge is 0.488 e. The minimum absolute atomic E-state index is 0.0209. The molecule has 0 spiro atoms. The van der Waals surface area contributed by atoms with Crippen molar-refractivity contribution in [2.45, 2.75) is 37.3 Å². The van der Waals surface area contributed by atoms with Crippen molar-refractivity contribution in [2.24, 2.45) is 5.92 Å². The summed E-state index contributed by atoms with van der Waals surface area (Å²) in [5.41, 5.74) is 0.952. The Morgan fingerprint density at radius 1 is 1.21 bits per heavy atom. The van der Waals surface area contributed by atoms with E-state index in [0.29, 0.717) is 30.1 Å². The Labute approximate surface area is 196 Å². The van der Waals surface area contributed by atoms with Crippen molar-refractivity contribution in [3.63, 3.8) is 0 Å². The summed E-state index contributed by atoms with van der Waals surface area (Å²) in [6.07, 6.45) is -0.146. The quantitative estimate of drug-likeness (QED) is 0.637. The molecule has 9 heteroatoms. The zero-order valence-electron chi connectivity index (χ0n) is 19.6. The summed E-state index contributed by atoms with van der Waals surface area (Å²) in [7, 11) is 0.159. The van der Waals surface area contributed by atoms with Crippen LogP contribution in [-0.4, -0.2) is 75.2 Å². The number of aliphatic hydroxyl groups is 1. The molecule has 180 valence electrons. The van der Waals surface area contributed by atoms with Gasteiger partial charge in [-0.1, -0.05) is 25.1 Å². The second-order valence-corrected chi connectivity index (χ2v) is 10.6. The SMILES string of the molecule is C[C@H]1CN([C@@H](C)CO)C(=O)Cc2cc(NS(=O)(=O)c3ccccc3)ccc2O[C@@H]1CN(C)C. The van der Waals surface area contributed by atoms with E-state index in [9.17, 15) is 18.3 Å². The third-order valence-electron chi connectivity index (χ3n) is 5.77. The van der Waals surface area contributed by atoms with Crippen LogP contribution in [0.3, 0.4) is 0 Å². The van der Waals surface area contributed by atoms with Gasteiger partial charge in [-0.15, -0.1) is 0 Å². The number of hydrogen-bond acceptors (Lipinski definition) is 6. The fourth-order valence-corrected chi connectivity index (χ4v) is 4.96. The lowest BCUT2D eigenvalue weighted by Crippen LogP contribution is -2.47. The molecule has 3 rings (SSSR count). The topological polar surface area (TPSA) is 99.2 Å². The third kappa shape index (κ3) is 6.25. The molecule has 1 heterocycles. The van der Waals surface area contributed by atoms with Crippen LogP contribution in [0.4, 0.5) is 5.69 Å². The molecule has 0 saturated heterocycles. The zero-order valence-corrected chi connectivity index (χ0v) is 20.4. The van der Waals surface area contributed by atoms with Crippen LogP contribution >= 0.6 is 0 Å². The summed E-state index contributed by atoms with van der Waals surface area (Å²) in [6, 6.07) is 12.8. The Bertz CT molecular complexity index is 1060. The first-order valence-electron chi connectivity index (χ1n) is 11.0. The number of nitrogens with one attached hydrogen (secondary N) is 1. The Balaban J connectivity index is 1.97. The highest BCUT2D eigenvalue weighted by Gasteiger charge is 2.31. The van der Waals surface area contributed by atoms with E-state index in [1.165, 1.54) is 12.1 Å². The van der Waals surface area contributed by atoms with Crippen molar-refractivity contribution >= 4 is 21.6 Å². The van der Waals surface area contributed by atoms with Crippen molar-refractivity contribution < 1.29 is 23.1 Å². The number of ether oxygens (including phenoxy) is 1. The lowest BCUT2D eigenvalue weighted by molar-refractivity contribution is -0.134. The van der Waals surface area contributed by atoms with E-state index in [0.717, 1.165) is 0 Å². The average Bonchev–Trinajstić information content (AvgIpc) is 2.81. The first kappa shape index (κ1) is 25.0. The maximum absolute atomic E-state index is 13.2. The number of sulfonamides is 1. The van der Waals surface area contributed by atoms with E-state index in [-0.39, 0.29) is 41.9 Å². The van der Waals surface area contributed by atoms with Gasteiger partial charge in [0.25, 0.3) is 10.0 Å².